The summed E-state index contributed by atoms with van der Waals surface area (Å²) in [4.78, 5) is 14.8. The first-order valence-electron chi connectivity index (χ1n) is 11.3. The average molecular weight is 482 g/mol. The van der Waals surface area contributed by atoms with E-state index in [1.165, 1.54) is 28.6 Å². The topological polar surface area (TPSA) is 69.7 Å². The smallest absolute Gasteiger partial charge is 0.251 e. The van der Waals surface area contributed by atoms with Gasteiger partial charge in [-0.25, -0.2) is 12.8 Å². The summed E-state index contributed by atoms with van der Waals surface area (Å²) in [5, 5.41) is 2.90. The second-order valence-electron chi connectivity index (χ2n) is 8.42. The van der Waals surface area contributed by atoms with Gasteiger partial charge in [0.1, 0.15) is 5.82 Å². The van der Waals surface area contributed by atoms with E-state index in [9.17, 15) is 17.6 Å². The molecule has 1 saturated heterocycles. The summed E-state index contributed by atoms with van der Waals surface area (Å²) >= 11 is 0. The Bertz CT molecular complexity index is 1230. The molecule has 0 aromatic heterocycles. The summed E-state index contributed by atoms with van der Waals surface area (Å²) in [7, 11) is -3.74. The van der Waals surface area contributed by atoms with Crippen molar-refractivity contribution in [2.45, 2.75) is 17.7 Å². The molecule has 4 rings (SSSR count). The molecule has 1 N–H and O–H groups in total. The summed E-state index contributed by atoms with van der Waals surface area (Å²) in [5.74, 6) is -0.473. The van der Waals surface area contributed by atoms with E-state index in [0.29, 0.717) is 38.3 Å². The van der Waals surface area contributed by atoms with Crippen molar-refractivity contribution >= 4 is 21.6 Å². The highest BCUT2D eigenvalue weighted by molar-refractivity contribution is 7.89. The number of rotatable bonds is 7. The van der Waals surface area contributed by atoms with Crippen LogP contribution in [0.3, 0.4) is 0 Å². The third kappa shape index (κ3) is 5.46. The van der Waals surface area contributed by atoms with Crippen molar-refractivity contribution in [1.82, 2.24) is 9.62 Å². The Labute approximate surface area is 200 Å². The minimum atomic E-state index is -3.74. The fraction of sp³-hybridized carbons (Fsp3) is 0.269. The normalized spacial score (nSPS) is 15.6. The van der Waals surface area contributed by atoms with Crippen LogP contribution in [0.2, 0.25) is 0 Å². The predicted octanol–water partition coefficient (Wildman–Crippen LogP) is 3.87. The van der Waals surface area contributed by atoms with Crippen molar-refractivity contribution in [3.63, 3.8) is 0 Å². The molecule has 34 heavy (non-hydrogen) atoms. The van der Waals surface area contributed by atoms with Crippen molar-refractivity contribution in [2.75, 3.05) is 37.6 Å². The molecule has 1 fully saturated rings. The van der Waals surface area contributed by atoms with Crippen LogP contribution in [0.15, 0.2) is 83.8 Å². The molecule has 178 valence electrons. The molecule has 0 radical (unpaired) electrons. The van der Waals surface area contributed by atoms with E-state index in [0.717, 1.165) is 11.3 Å². The molecule has 1 atom stereocenters. The van der Waals surface area contributed by atoms with Crippen LogP contribution in [-0.4, -0.2) is 51.4 Å². The molecule has 3 aromatic carbocycles. The van der Waals surface area contributed by atoms with Gasteiger partial charge in [-0.1, -0.05) is 43.3 Å². The van der Waals surface area contributed by atoms with Gasteiger partial charge in [0.2, 0.25) is 10.0 Å². The van der Waals surface area contributed by atoms with Crippen molar-refractivity contribution in [3.05, 3.63) is 95.8 Å². The molecule has 0 saturated carbocycles. The molecule has 1 amide bonds. The van der Waals surface area contributed by atoms with E-state index in [-0.39, 0.29) is 22.5 Å². The van der Waals surface area contributed by atoms with E-state index >= 15 is 0 Å². The molecule has 8 heteroatoms. The summed E-state index contributed by atoms with van der Waals surface area (Å²) in [5.41, 5.74) is 2.30. The quantitative estimate of drug-likeness (QED) is 0.556. The van der Waals surface area contributed by atoms with Gasteiger partial charge < -0.3 is 10.2 Å². The van der Waals surface area contributed by atoms with Crippen molar-refractivity contribution in [1.29, 1.82) is 0 Å². The third-order valence-electron chi connectivity index (χ3n) is 6.10. The van der Waals surface area contributed by atoms with Crippen LogP contribution in [0.25, 0.3) is 0 Å². The van der Waals surface area contributed by atoms with Crippen LogP contribution in [-0.2, 0) is 10.0 Å². The van der Waals surface area contributed by atoms with Gasteiger partial charge in [0, 0.05) is 44.0 Å². The predicted molar refractivity (Wildman–Crippen MR) is 131 cm³/mol. The Morgan fingerprint density at radius 3 is 2.29 bits per heavy atom. The maximum absolute atomic E-state index is 13.2. The monoisotopic (exact) mass is 481 g/mol. The molecule has 3 aromatic rings. The van der Waals surface area contributed by atoms with Crippen LogP contribution in [0.5, 0.6) is 0 Å². The van der Waals surface area contributed by atoms with Crippen molar-refractivity contribution < 1.29 is 17.6 Å². The molecule has 0 aliphatic carbocycles. The van der Waals surface area contributed by atoms with E-state index in [1.54, 1.807) is 24.3 Å². The third-order valence-corrected chi connectivity index (χ3v) is 8.00. The van der Waals surface area contributed by atoms with E-state index in [1.807, 2.05) is 42.2 Å². The lowest BCUT2D eigenvalue weighted by Gasteiger charge is -2.35. The van der Waals surface area contributed by atoms with Crippen LogP contribution in [0.4, 0.5) is 10.1 Å². The number of carbonyl (C=O) groups is 1. The number of hydrogen-bond acceptors (Lipinski definition) is 4. The Morgan fingerprint density at radius 1 is 0.941 bits per heavy atom. The standard InChI is InChI=1S/C26H28FN3O3S/c1-20(21-6-3-2-4-7-21)19-28-26(31)22-8-5-9-25(18-22)34(32,33)30-16-14-29(15-17-30)24-12-10-23(27)11-13-24/h2-13,18,20H,14-17,19H2,1H3,(H,28,31). The maximum Gasteiger partial charge on any atom is 0.251 e. The molecular formula is C26H28FN3O3S. The zero-order valence-electron chi connectivity index (χ0n) is 19.0. The Balaban J connectivity index is 1.39. The van der Waals surface area contributed by atoms with Crippen LogP contribution < -0.4 is 10.2 Å². The molecule has 1 heterocycles. The van der Waals surface area contributed by atoms with E-state index < -0.39 is 10.0 Å². The van der Waals surface area contributed by atoms with Crippen molar-refractivity contribution in [3.8, 4) is 0 Å². The number of amides is 1. The number of piperazine rings is 1. The first-order chi connectivity index (χ1) is 16.3. The lowest BCUT2D eigenvalue weighted by Crippen LogP contribution is -2.48. The van der Waals surface area contributed by atoms with Crippen LogP contribution in [0.1, 0.15) is 28.8 Å². The second kappa shape index (κ2) is 10.4. The lowest BCUT2D eigenvalue weighted by atomic mass is 10.0. The SMILES string of the molecule is CC(CNC(=O)c1cccc(S(=O)(=O)N2CCN(c3ccc(F)cc3)CC2)c1)c1ccccc1. The van der Waals surface area contributed by atoms with Gasteiger partial charge in [-0.3, -0.25) is 4.79 Å². The number of nitrogens with zero attached hydrogens (tertiary/aromatic N) is 2. The number of benzene rings is 3. The van der Waals surface area contributed by atoms with Gasteiger partial charge in [0.05, 0.1) is 4.90 Å². The Morgan fingerprint density at radius 2 is 1.62 bits per heavy atom. The van der Waals surface area contributed by atoms with Gasteiger partial charge in [-0.15, -0.1) is 0 Å². The molecule has 0 spiro atoms. The minimum absolute atomic E-state index is 0.103. The Hall–Kier alpha value is -3.23. The maximum atomic E-state index is 13.2. The molecule has 1 aliphatic heterocycles. The highest BCUT2D eigenvalue weighted by Gasteiger charge is 2.29. The summed E-state index contributed by atoms with van der Waals surface area (Å²) in [6.07, 6.45) is 0. The lowest BCUT2D eigenvalue weighted by molar-refractivity contribution is 0.0951. The van der Waals surface area contributed by atoms with E-state index in [4.69, 9.17) is 0 Å². The molecule has 1 unspecified atom stereocenters. The Kier molecular flexibility index (Phi) is 7.29. The van der Waals surface area contributed by atoms with Crippen LogP contribution in [0, 0.1) is 5.82 Å². The summed E-state index contributed by atoms with van der Waals surface area (Å²) < 4.78 is 41.1. The number of halogens is 1. The number of sulfonamides is 1. The number of carbonyl (C=O) groups excluding carboxylic acids is 1. The van der Waals surface area contributed by atoms with Crippen LogP contribution >= 0.6 is 0 Å². The van der Waals surface area contributed by atoms with Gasteiger partial charge in [0.25, 0.3) is 5.91 Å². The summed E-state index contributed by atoms with van der Waals surface area (Å²) in [6.45, 7) is 4.10. The first-order valence-corrected chi connectivity index (χ1v) is 12.7. The number of hydrogen-bond donors (Lipinski definition) is 1. The zero-order valence-corrected chi connectivity index (χ0v) is 19.8. The van der Waals surface area contributed by atoms with Gasteiger partial charge in [-0.05, 0) is 53.9 Å². The average Bonchev–Trinajstić information content (AvgIpc) is 2.88. The van der Waals surface area contributed by atoms with E-state index in [2.05, 4.69) is 5.32 Å². The molecule has 1 aliphatic rings. The largest absolute Gasteiger partial charge is 0.369 e. The second-order valence-corrected chi connectivity index (χ2v) is 10.4. The van der Waals surface area contributed by atoms with Crippen molar-refractivity contribution in [2.24, 2.45) is 0 Å². The molecule has 6 nitrogen and oxygen atoms in total. The highest BCUT2D eigenvalue weighted by atomic mass is 32.2. The molecule has 0 bridgehead atoms. The van der Waals surface area contributed by atoms with Gasteiger partial charge >= 0.3 is 0 Å². The summed E-state index contributed by atoms with van der Waals surface area (Å²) in [6, 6.07) is 22.2. The fourth-order valence-corrected chi connectivity index (χ4v) is 5.50. The van der Waals surface area contributed by atoms with Gasteiger partial charge in [0.15, 0.2) is 0 Å². The highest BCUT2D eigenvalue weighted by Crippen LogP contribution is 2.22. The first kappa shape index (κ1) is 23.9. The molecular weight excluding hydrogens is 453 g/mol. The number of nitrogens with one attached hydrogen (secondary N) is 1. The fourth-order valence-electron chi connectivity index (χ4n) is 4.03. The number of anilines is 1. The van der Waals surface area contributed by atoms with Gasteiger partial charge in [-0.2, -0.15) is 4.31 Å². The zero-order chi connectivity index (χ0) is 24.1. The minimum Gasteiger partial charge on any atom is -0.369 e.